The maximum Gasteiger partial charge on any atom is 0.408 e. The quantitative estimate of drug-likeness (QED) is 0.182. The average molecular weight is 622 g/mol. The van der Waals surface area contributed by atoms with Crippen molar-refractivity contribution >= 4 is 35.2 Å². The molecule has 3 N–H and O–H groups in total. The minimum Gasteiger partial charge on any atom is -0.508 e. The number of carbonyl (C=O) groups excluding carboxylic acids is 3. The van der Waals surface area contributed by atoms with Crippen LogP contribution in [0.2, 0.25) is 5.02 Å². The molecule has 3 aromatic rings. The highest BCUT2D eigenvalue weighted by Crippen LogP contribution is 2.31. The molecule has 0 aromatic heterocycles. The van der Waals surface area contributed by atoms with Crippen LogP contribution in [-0.4, -0.2) is 46.1 Å². The number of nitrogens with one attached hydrogen (secondary N) is 2. The van der Waals surface area contributed by atoms with Gasteiger partial charge in [-0.2, -0.15) is 0 Å². The number of aromatic hydroxyl groups is 1. The zero-order chi connectivity index (χ0) is 32.4. The minimum absolute atomic E-state index is 0.0871. The minimum atomic E-state index is -1.06. The number of nitrogens with zero attached hydrogens (tertiary/aromatic N) is 1. The first-order valence-corrected chi connectivity index (χ1v) is 15.4. The van der Waals surface area contributed by atoms with Crippen molar-refractivity contribution in [3.8, 4) is 5.75 Å². The number of rotatable bonds is 12. The zero-order valence-electron chi connectivity index (χ0n) is 26.4. The smallest absolute Gasteiger partial charge is 0.408 e. The van der Waals surface area contributed by atoms with Crippen molar-refractivity contribution in [1.82, 2.24) is 10.2 Å². The number of alkyl carbamates (subject to hydrolysis) is 1. The monoisotopic (exact) mass is 621 g/mol. The van der Waals surface area contributed by atoms with Gasteiger partial charge in [-0.1, -0.05) is 79.9 Å². The third-order valence-corrected chi connectivity index (χ3v) is 7.48. The molecule has 2 atom stereocenters. The van der Waals surface area contributed by atoms with E-state index in [2.05, 4.69) is 17.6 Å². The van der Waals surface area contributed by atoms with E-state index in [4.69, 9.17) is 16.3 Å². The molecule has 0 saturated carbocycles. The lowest BCUT2D eigenvalue weighted by molar-refractivity contribution is -0.140. The van der Waals surface area contributed by atoms with E-state index in [-0.39, 0.29) is 18.7 Å². The van der Waals surface area contributed by atoms with Crippen LogP contribution in [-0.2, 0) is 20.7 Å². The maximum atomic E-state index is 14.6. The Labute approximate surface area is 265 Å². The van der Waals surface area contributed by atoms with Crippen molar-refractivity contribution < 1.29 is 24.2 Å². The van der Waals surface area contributed by atoms with Gasteiger partial charge in [0, 0.05) is 13.0 Å². The van der Waals surface area contributed by atoms with Crippen molar-refractivity contribution in [1.29, 1.82) is 0 Å². The molecule has 0 radical (unpaired) electrons. The lowest BCUT2D eigenvalue weighted by atomic mass is 9.96. The molecule has 0 bridgehead atoms. The van der Waals surface area contributed by atoms with E-state index in [0.29, 0.717) is 28.3 Å². The summed E-state index contributed by atoms with van der Waals surface area (Å²) in [5.41, 5.74) is 2.70. The highest BCUT2D eigenvalue weighted by atomic mass is 35.5. The fourth-order valence-electron chi connectivity index (χ4n) is 4.94. The van der Waals surface area contributed by atoms with Crippen molar-refractivity contribution in [3.05, 3.63) is 94.0 Å². The summed E-state index contributed by atoms with van der Waals surface area (Å²) in [6, 6.07) is 17.2. The van der Waals surface area contributed by atoms with Gasteiger partial charge in [0.25, 0.3) is 5.91 Å². The van der Waals surface area contributed by atoms with Crippen LogP contribution in [0.15, 0.2) is 66.7 Å². The number of hydrogen-bond acceptors (Lipinski definition) is 5. The predicted octanol–water partition coefficient (Wildman–Crippen LogP) is 7.50. The van der Waals surface area contributed by atoms with Crippen LogP contribution < -0.4 is 10.6 Å². The number of phenolic OH excluding ortho intramolecular Hbond substituents is 1. The second-order valence-electron chi connectivity index (χ2n) is 12.0. The molecule has 0 spiro atoms. The summed E-state index contributed by atoms with van der Waals surface area (Å²) in [7, 11) is 0. The van der Waals surface area contributed by atoms with Crippen molar-refractivity contribution in [2.24, 2.45) is 0 Å². The number of para-hydroxylation sites is 1. The SMILES string of the molecule is CCCCCN(C(=O)C(Cc1ccc(O)cc1)NC(=O)OC(C)(C)C)C(C(=O)Nc1c(C)cccc1Cl)c1ccccc1C. The van der Waals surface area contributed by atoms with E-state index in [1.165, 1.54) is 12.1 Å². The Kier molecular flexibility index (Phi) is 12.2. The van der Waals surface area contributed by atoms with Crippen LogP contribution in [0.5, 0.6) is 5.75 Å². The van der Waals surface area contributed by atoms with Crippen LogP contribution in [0.1, 0.15) is 75.3 Å². The lowest BCUT2D eigenvalue weighted by Gasteiger charge is -2.35. The van der Waals surface area contributed by atoms with E-state index in [1.54, 1.807) is 43.9 Å². The molecule has 0 heterocycles. The van der Waals surface area contributed by atoms with E-state index >= 15 is 0 Å². The standard InChI is InChI=1S/C35H44ClN3O5/c1-7-8-11-21-39(33(42)29(37-34(43)44-35(4,5)6)22-25-17-19-26(40)20-18-25)31(27-15-10-9-13-23(27)2)32(41)38-30-24(3)14-12-16-28(30)36/h9-10,12-20,29,31,40H,7-8,11,21-22H2,1-6H3,(H,37,43)(H,38,41). The molecule has 2 unspecified atom stereocenters. The normalized spacial score (nSPS) is 12.6. The third-order valence-electron chi connectivity index (χ3n) is 7.16. The average Bonchev–Trinajstić information content (AvgIpc) is 2.95. The van der Waals surface area contributed by atoms with Gasteiger partial charge in [0.15, 0.2) is 0 Å². The highest BCUT2D eigenvalue weighted by molar-refractivity contribution is 6.34. The van der Waals surface area contributed by atoms with Gasteiger partial charge in [-0.3, -0.25) is 9.59 Å². The van der Waals surface area contributed by atoms with E-state index in [9.17, 15) is 19.5 Å². The molecule has 0 aliphatic rings. The number of halogens is 1. The van der Waals surface area contributed by atoms with Gasteiger partial charge in [0.05, 0.1) is 10.7 Å². The number of anilines is 1. The number of amides is 3. The van der Waals surface area contributed by atoms with Gasteiger partial charge in [-0.25, -0.2) is 4.79 Å². The van der Waals surface area contributed by atoms with Crippen molar-refractivity contribution in [2.75, 3.05) is 11.9 Å². The zero-order valence-corrected chi connectivity index (χ0v) is 27.2. The second kappa shape index (κ2) is 15.6. The largest absolute Gasteiger partial charge is 0.508 e. The molecule has 0 saturated heterocycles. The molecule has 3 aromatic carbocycles. The fraction of sp³-hybridized carbons (Fsp3) is 0.400. The summed E-state index contributed by atoms with van der Waals surface area (Å²) in [6.07, 6.45) is 1.79. The third kappa shape index (κ3) is 9.74. The Morgan fingerprint density at radius 3 is 2.20 bits per heavy atom. The summed E-state index contributed by atoms with van der Waals surface area (Å²) in [5.74, 6) is -0.760. The van der Waals surface area contributed by atoms with Gasteiger partial charge in [-0.15, -0.1) is 0 Å². The van der Waals surface area contributed by atoms with Crippen LogP contribution in [0, 0.1) is 13.8 Å². The number of ether oxygens (including phenoxy) is 1. The summed E-state index contributed by atoms with van der Waals surface area (Å²) >= 11 is 6.49. The van der Waals surface area contributed by atoms with Gasteiger partial charge < -0.3 is 25.4 Å². The molecule has 0 fully saturated rings. The molecule has 0 aliphatic carbocycles. The van der Waals surface area contributed by atoms with Crippen molar-refractivity contribution in [2.45, 2.75) is 84.9 Å². The molecule has 236 valence electrons. The number of benzene rings is 3. The number of aryl methyl sites for hydroxylation is 2. The number of carbonyl (C=O) groups is 3. The topological polar surface area (TPSA) is 108 Å². The predicted molar refractivity (Wildman–Crippen MR) is 175 cm³/mol. The fourth-order valence-corrected chi connectivity index (χ4v) is 5.21. The van der Waals surface area contributed by atoms with E-state index in [1.807, 2.05) is 50.2 Å². The molecule has 44 heavy (non-hydrogen) atoms. The molecule has 0 aliphatic heterocycles. The summed E-state index contributed by atoms with van der Waals surface area (Å²) in [6.45, 7) is 11.3. The van der Waals surface area contributed by atoms with Gasteiger partial charge in [0.1, 0.15) is 23.4 Å². The number of phenols is 1. The first kappa shape index (κ1) is 34.5. The number of unbranched alkanes of at least 4 members (excludes halogenated alkanes) is 2. The van der Waals surface area contributed by atoms with Crippen molar-refractivity contribution in [3.63, 3.8) is 0 Å². The Morgan fingerprint density at radius 1 is 0.932 bits per heavy atom. The lowest BCUT2D eigenvalue weighted by Crippen LogP contribution is -2.53. The second-order valence-corrected chi connectivity index (χ2v) is 12.4. The van der Waals surface area contributed by atoms with Crippen LogP contribution >= 0.6 is 11.6 Å². The molecule has 9 heteroatoms. The summed E-state index contributed by atoms with van der Waals surface area (Å²) < 4.78 is 5.52. The van der Waals surface area contributed by atoms with Crippen LogP contribution in [0.3, 0.4) is 0 Å². The summed E-state index contributed by atoms with van der Waals surface area (Å²) in [4.78, 5) is 43.5. The van der Waals surface area contributed by atoms with Crippen LogP contribution in [0.4, 0.5) is 10.5 Å². The van der Waals surface area contributed by atoms with Gasteiger partial charge >= 0.3 is 6.09 Å². The summed E-state index contributed by atoms with van der Waals surface area (Å²) in [5, 5.41) is 16.0. The molecule has 3 amide bonds. The maximum absolute atomic E-state index is 14.6. The van der Waals surface area contributed by atoms with E-state index in [0.717, 1.165) is 24.0 Å². The molecular formula is C35H44ClN3O5. The highest BCUT2D eigenvalue weighted by Gasteiger charge is 2.37. The van der Waals surface area contributed by atoms with Gasteiger partial charge in [0.2, 0.25) is 5.91 Å². The molecule has 3 rings (SSSR count). The Bertz CT molecular complexity index is 1410. The Balaban J connectivity index is 2.11. The van der Waals surface area contributed by atoms with Crippen LogP contribution in [0.25, 0.3) is 0 Å². The molecular weight excluding hydrogens is 578 g/mol. The number of hydrogen-bond donors (Lipinski definition) is 3. The Hall–Kier alpha value is -4.04. The Morgan fingerprint density at radius 2 is 1.59 bits per heavy atom. The first-order chi connectivity index (χ1) is 20.8. The first-order valence-electron chi connectivity index (χ1n) is 15.0. The van der Waals surface area contributed by atoms with E-state index < -0.39 is 35.6 Å². The molecule has 8 nitrogen and oxygen atoms in total. The van der Waals surface area contributed by atoms with Gasteiger partial charge in [-0.05, 0) is 81.5 Å².